The zero-order chi connectivity index (χ0) is 17.3. The molecule has 0 radical (unpaired) electrons. The fraction of sp³-hybridized carbons (Fsp3) is 0.263. The summed E-state index contributed by atoms with van der Waals surface area (Å²) in [7, 11) is 0. The summed E-state index contributed by atoms with van der Waals surface area (Å²) in [6, 6.07) is 11.4. The number of anilines is 1. The number of carbonyl (C=O) groups excluding carboxylic acids is 2. The summed E-state index contributed by atoms with van der Waals surface area (Å²) in [5, 5.41) is 2.16. The van der Waals surface area contributed by atoms with E-state index in [1.807, 2.05) is 55.6 Å². The summed E-state index contributed by atoms with van der Waals surface area (Å²) >= 11 is 2.95. The molecular weight excluding hydrogens is 338 g/mol. The van der Waals surface area contributed by atoms with Crippen LogP contribution in [0.25, 0.3) is 5.57 Å². The van der Waals surface area contributed by atoms with E-state index >= 15 is 0 Å². The molecule has 124 valence electrons. The van der Waals surface area contributed by atoms with Gasteiger partial charge >= 0.3 is 0 Å². The molecule has 1 aliphatic heterocycles. The standard InChI is InChI=1S/C19H19NO2S2/c1-4-13-7-9-14(10-8-13)20-18(21)16(15-6-5-11-23-15)17(19(20)22)24-12(2)3/h5-12H,4H2,1-3H3. The highest BCUT2D eigenvalue weighted by Gasteiger charge is 2.40. The molecule has 1 aromatic carbocycles. The summed E-state index contributed by atoms with van der Waals surface area (Å²) in [5.74, 6) is -0.443. The van der Waals surface area contributed by atoms with Crippen LogP contribution in [0.2, 0.25) is 0 Å². The fourth-order valence-electron chi connectivity index (χ4n) is 2.61. The van der Waals surface area contributed by atoms with Crippen LogP contribution >= 0.6 is 23.1 Å². The van der Waals surface area contributed by atoms with Crippen molar-refractivity contribution >= 4 is 46.2 Å². The Kier molecular flexibility index (Phi) is 4.92. The molecule has 2 heterocycles. The van der Waals surface area contributed by atoms with E-state index in [0.717, 1.165) is 11.3 Å². The van der Waals surface area contributed by atoms with Gasteiger partial charge in [-0.05, 0) is 35.6 Å². The number of aryl methyl sites for hydroxylation is 1. The van der Waals surface area contributed by atoms with Gasteiger partial charge in [0.2, 0.25) is 0 Å². The molecule has 0 aliphatic carbocycles. The van der Waals surface area contributed by atoms with Gasteiger partial charge in [-0.1, -0.05) is 39.0 Å². The largest absolute Gasteiger partial charge is 0.272 e. The molecule has 0 saturated carbocycles. The average molecular weight is 358 g/mol. The Morgan fingerprint density at radius 1 is 1.08 bits per heavy atom. The van der Waals surface area contributed by atoms with E-state index in [0.29, 0.717) is 16.2 Å². The van der Waals surface area contributed by atoms with Gasteiger partial charge in [0.25, 0.3) is 11.8 Å². The van der Waals surface area contributed by atoms with Gasteiger partial charge in [0.15, 0.2) is 0 Å². The van der Waals surface area contributed by atoms with Crippen LogP contribution in [0, 0.1) is 0 Å². The Balaban J connectivity index is 2.03. The monoisotopic (exact) mass is 357 g/mol. The molecule has 0 spiro atoms. The van der Waals surface area contributed by atoms with Crippen LogP contribution in [0.1, 0.15) is 31.2 Å². The van der Waals surface area contributed by atoms with E-state index in [-0.39, 0.29) is 17.1 Å². The SMILES string of the molecule is CCc1ccc(N2C(=O)C(SC(C)C)=C(c3cccs3)C2=O)cc1. The van der Waals surface area contributed by atoms with Crippen LogP contribution in [0.3, 0.4) is 0 Å². The second-order valence-corrected chi connectivity index (χ2v) is 8.35. The maximum Gasteiger partial charge on any atom is 0.272 e. The highest BCUT2D eigenvalue weighted by molar-refractivity contribution is 8.04. The van der Waals surface area contributed by atoms with Crippen LogP contribution < -0.4 is 4.90 Å². The first-order valence-corrected chi connectivity index (χ1v) is 9.71. The number of imide groups is 1. The van der Waals surface area contributed by atoms with Crippen molar-refractivity contribution in [3.05, 3.63) is 57.1 Å². The van der Waals surface area contributed by atoms with Crippen LogP contribution in [-0.4, -0.2) is 17.1 Å². The Hall–Kier alpha value is -1.85. The molecular formula is C19H19NO2S2. The molecule has 3 rings (SSSR count). The van der Waals surface area contributed by atoms with Crippen LogP contribution in [0.5, 0.6) is 0 Å². The molecule has 1 aromatic heterocycles. The van der Waals surface area contributed by atoms with Crippen LogP contribution in [-0.2, 0) is 16.0 Å². The van der Waals surface area contributed by atoms with Crippen LogP contribution in [0.4, 0.5) is 5.69 Å². The maximum absolute atomic E-state index is 13.0. The number of hydrogen-bond acceptors (Lipinski definition) is 4. The van der Waals surface area contributed by atoms with Crippen molar-refractivity contribution in [1.82, 2.24) is 0 Å². The predicted molar refractivity (Wildman–Crippen MR) is 102 cm³/mol. The number of thiophene rings is 1. The fourth-order valence-corrected chi connectivity index (χ4v) is 4.42. The third-order valence-electron chi connectivity index (χ3n) is 3.77. The van der Waals surface area contributed by atoms with Gasteiger partial charge in [-0.25, -0.2) is 4.90 Å². The minimum Gasteiger partial charge on any atom is -0.268 e. The first kappa shape index (κ1) is 17.0. The minimum absolute atomic E-state index is 0.216. The Morgan fingerprint density at radius 3 is 2.33 bits per heavy atom. The number of nitrogens with zero attached hydrogens (tertiary/aromatic N) is 1. The summed E-state index contributed by atoms with van der Waals surface area (Å²) in [6.07, 6.45) is 0.926. The number of rotatable bonds is 5. The summed E-state index contributed by atoms with van der Waals surface area (Å²) in [6.45, 7) is 6.13. The van der Waals surface area contributed by atoms with Gasteiger partial charge in [-0.3, -0.25) is 9.59 Å². The van der Waals surface area contributed by atoms with Crippen molar-refractivity contribution < 1.29 is 9.59 Å². The summed E-state index contributed by atoms with van der Waals surface area (Å²) in [4.78, 5) is 28.7. The first-order chi connectivity index (χ1) is 11.5. The maximum atomic E-state index is 13.0. The number of thioether (sulfide) groups is 1. The lowest BCUT2D eigenvalue weighted by Crippen LogP contribution is -2.31. The molecule has 0 unspecified atom stereocenters. The van der Waals surface area contributed by atoms with Crippen molar-refractivity contribution in [2.24, 2.45) is 0 Å². The smallest absolute Gasteiger partial charge is 0.268 e. The molecule has 0 fully saturated rings. The predicted octanol–water partition coefficient (Wildman–Crippen LogP) is 4.74. The number of benzene rings is 1. The van der Waals surface area contributed by atoms with E-state index in [1.54, 1.807) is 0 Å². The van der Waals surface area contributed by atoms with Gasteiger partial charge in [-0.2, -0.15) is 0 Å². The van der Waals surface area contributed by atoms with Crippen molar-refractivity contribution in [1.29, 1.82) is 0 Å². The molecule has 0 saturated heterocycles. The summed E-state index contributed by atoms with van der Waals surface area (Å²) in [5.41, 5.74) is 2.35. The zero-order valence-corrected chi connectivity index (χ0v) is 15.5. The van der Waals surface area contributed by atoms with Gasteiger partial charge in [0.1, 0.15) is 0 Å². The normalized spacial score (nSPS) is 15.1. The second kappa shape index (κ2) is 6.95. The number of amides is 2. The lowest BCUT2D eigenvalue weighted by molar-refractivity contribution is -0.119. The minimum atomic E-state index is -0.227. The van der Waals surface area contributed by atoms with Crippen LogP contribution in [0.15, 0.2) is 46.7 Å². The molecule has 3 nitrogen and oxygen atoms in total. The number of hydrogen-bond donors (Lipinski definition) is 0. The molecule has 1 aliphatic rings. The molecule has 0 atom stereocenters. The zero-order valence-electron chi connectivity index (χ0n) is 13.9. The van der Waals surface area contributed by atoms with E-state index in [4.69, 9.17) is 0 Å². The van der Waals surface area contributed by atoms with E-state index < -0.39 is 0 Å². The third-order valence-corrected chi connectivity index (χ3v) is 5.74. The lowest BCUT2D eigenvalue weighted by atomic mass is 10.1. The van der Waals surface area contributed by atoms with Crippen molar-refractivity contribution in [3.8, 4) is 0 Å². The van der Waals surface area contributed by atoms with Gasteiger partial charge in [0, 0.05) is 10.1 Å². The molecule has 0 bridgehead atoms. The van der Waals surface area contributed by atoms with Crippen molar-refractivity contribution in [2.75, 3.05) is 4.90 Å². The second-order valence-electron chi connectivity index (χ2n) is 5.81. The molecule has 0 N–H and O–H groups in total. The summed E-state index contributed by atoms with van der Waals surface area (Å²) < 4.78 is 0. The lowest BCUT2D eigenvalue weighted by Gasteiger charge is -2.15. The third kappa shape index (κ3) is 3.06. The Labute approximate surface area is 150 Å². The topological polar surface area (TPSA) is 37.4 Å². The Morgan fingerprint density at radius 2 is 1.79 bits per heavy atom. The van der Waals surface area contributed by atoms with E-state index in [1.165, 1.54) is 33.6 Å². The Bertz CT molecular complexity index is 789. The quantitative estimate of drug-likeness (QED) is 0.726. The number of carbonyl (C=O) groups is 2. The van der Waals surface area contributed by atoms with Crippen molar-refractivity contribution in [2.45, 2.75) is 32.4 Å². The molecule has 24 heavy (non-hydrogen) atoms. The first-order valence-electron chi connectivity index (χ1n) is 7.95. The molecule has 2 aromatic rings. The van der Waals surface area contributed by atoms with Gasteiger partial charge in [0.05, 0.1) is 16.2 Å². The van der Waals surface area contributed by atoms with E-state index in [9.17, 15) is 9.59 Å². The average Bonchev–Trinajstić information content (AvgIpc) is 3.15. The molecule has 5 heteroatoms. The van der Waals surface area contributed by atoms with Gasteiger partial charge < -0.3 is 0 Å². The highest BCUT2D eigenvalue weighted by atomic mass is 32.2. The van der Waals surface area contributed by atoms with Crippen molar-refractivity contribution in [3.63, 3.8) is 0 Å². The molecule has 2 amide bonds. The van der Waals surface area contributed by atoms with E-state index in [2.05, 4.69) is 6.92 Å². The highest BCUT2D eigenvalue weighted by Crippen LogP contribution is 2.41. The van der Waals surface area contributed by atoms with Gasteiger partial charge in [-0.15, -0.1) is 23.1 Å².